The first-order chi connectivity index (χ1) is 8.15. The molecule has 17 heavy (non-hydrogen) atoms. The van der Waals surface area contributed by atoms with Gasteiger partial charge in [0.1, 0.15) is 5.75 Å². The molecule has 0 aromatic heterocycles. The van der Waals surface area contributed by atoms with Crippen molar-refractivity contribution in [3.05, 3.63) is 63.6 Å². The number of hydrogen-bond donors (Lipinski definition) is 0. The molecule has 0 bridgehead atoms. The fourth-order valence-corrected chi connectivity index (χ4v) is 1.88. The molecule has 0 radical (unpaired) electrons. The summed E-state index contributed by atoms with van der Waals surface area (Å²) in [6.07, 6.45) is 0. The van der Waals surface area contributed by atoms with Crippen LogP contribution in [-0.4, -0.2) is 5.05 Å². The Morgan fingerprint density at radius 1 is 1.00 bits per heavy atom. The van der Waals surface area contributed by atoms with Gasteiger partial charge in [0, 0.05) is 15.1 Å². The Bertz CT molecular complexity index is 522. The van der Waals surface area contributed by atoms with Crippen LogP contribution in [0.5, 0.6) is 5.75 Å². The Morgan fingerprint density at radius 3 is 2.18 bits per heavy atom. The van der Waals surface area contributed by atoms with E-state index >= 15 is 0 Å². The van der Waals surface area contributed by atoms with Crippen LogP contribution in [0.25, 0.3) is 0 Å². The van der Waals surface area contributed by atoms with Gasteiger partial charge in [-0.25, -0.2) is 0 Å². The van der Waals surface area contributed by atoms with Crippen LogP contribution in [0.4, 0.5) is 0 Å². The summed E-state index contributed by atoms with van der Waals surface area (Å²) in [7, 11) is 0. The molecule has 0 amide bonds. The first-order valence-corrected chi connectivity index (χ1v) is 6.46. The van der Waals surface area contributed by atoms with Gasteiger partial charge in [-0.2, -0.15) is 0 Å². The van der Waals surface area contributed by atoms with Crippen molar-refractivity contribution in [2.75, 3.05) is 0 Å². The number of thiocarbonyl (C=S) groups is 1. The molecular formula is C13H8BrClOS. The van der Waals surface area contributed by atoms with Crippen LogP contribution in [0.1, 0.15) is 5.56 Å². The molecule has 0 N–H and O–H groups in total. The first kappa shape index (κ1) is 12.6. The van der Waals surface area contributed by atoms with Gasteiger partial charge in [0.05, 0.1) is 0 Å². The zero-order valence-corrected chi connectivity index (χ0v) is 11.8. The summed E-state index contributed by atoms with van der Waals surface area (Å²) in [6.45, 7) is 0. The van der Waals surface area contributed by atoms with E-state index in [1.54, 1.807) is 12.1 Å². The summed E-state index contributed by atoms with van der Waals surface area (Å²) in [5, 5.41) is 1.11. The maximum absolute atomic E-state index is 5.80. The van der Waals surface area contributed by atoms with Crippen LogP contribution in [0, 0.1) is 0 Å². The Hall–Kier alpha value is -0.900. The van der Waals surface area contributed by atoms with Gasteiger partial charge in [-0.3, -0.25) is 0 Å². The third-order valence-corrected chi connectivity index (χ3v) is 3.20. The van der Waals surface area contributed by atoms with E-state index in [0.717, 1.165) is 10.0 Å². The second-order valence-electron chi connectivity index (χ2n) is 3.35. The lowest BCUT2D eigenvalue weighted by Crippen LogP contribution is -2.06. The molecule has 2 aromatic carbocycles. The van der Waals surface area contributed by atoms with E-state index in [-0.39, 0.29) is 0 Å². The molecule has 0 spiro atoms. The smallest absolute Gasteiger partial charge is 0.198 e. The van der Waals surface area contributed by atoms with Crippen molar-refractivity contribution in [2.24, 2.45) is 0 Å². The van der Waals surface area contributed by atoms with Gasteiger partial charge >= 0.3 is 0 Å². The minimum Gasteiger partial charge on any atom is -0.445 e. The van der Waals surface area contributed by atoms with Crippen molar-refractivity contribution in [3.63, 3.8) is 0 Å². The SMILES string of the molecule is S=C(Oc1ccc(Br)cc1)c1ccc(Cl)cc1. The molecule has 0 unspecified atom stereocenters. The maximum atomic E-state index is 5.80. The van der Waals surface area contributed by atoms with Gasteiger partial charge in [0.15, 0.2) is 5.05 Å². The van der Waals surface area contributed by atoms with Crippen LogP contribution >= 0.6 is 39.7 Å². The second kappa shape index (κ2) is 5.63. The molecule has 0 saturated carbocycles. The second-order valence-corrected chi connectivity index (χ2v) is 5.07. The van der Waals surface area contributed by atoms with Crippen molar-refractivity contribution in [3.8, 4) is 5.75 Å². The Labute approximate surface area is 118 Å². The lowest BCUT2D eigenvalue weighted by atomic mass is 10.2. The fourth-order valence-electron chi connectivity index (χ4n) is 1.25. The van der Waals surface area contributed by atoms with Crippen molar-refractivity contribution in [1.29, 1.82) is 0 Å². The Morgan fingerprint density at radius 2 is 1.59 bits per heavy atom. The van der Waals surface area contributed by atoms with Crippen molar-refractivity contribution in [2.45, 2.75) is 0 Å². The lowest BCUT2D eigenvalue weighted by Gasteiger charge is -2.07. The average Bonchev–Trinajstić information content (AvgIpc) is 2.33. The molecule has 0 atom stereocenters. The number of rotatable bonds is 2. The molecule has 0 aliphatic heterocycles. The van der Waals surface area contributed by atoms with Crippen molar-refractivity contribution in [1.82, 2.24) is 0 Å². The molecule has 0 saturated heterocycles. The highest BCUT2D eigenvalue weighted by Crippen LogP contribution is 2.18. The molecule has 2 rings (SSSR count). The highest BCUT2D eigenvalue weighted by atomic mass is 79.9. The van der Waals surface area contributed by atoms with Gasteiger partial charge < -0.3 is 4.74 Å². The van der Waals surface area contributed by atoms with Crippen molar-refractivity contribution >= 4 is 44.8 Å². The van der Waals surface area contributed by atoms with Gasteiger partial charge in [0.25, 0.3) is 0 Å². The number of hydrogen-bond acceptors (Lipinski definition) is 2. The maximum Gasteiger partial charge on any atom is 0.198 e. The molecule has 86 valence electrons. The summed E-state index contributed by atoms with van der Waals surface area (Å²) in [5.74, 6) is 0.716. The van der Waals surface area contributed by atoms with Crippen molar-refractivity contribution < 1.29 is 4.74 Å². The van der Waals surface area contributed by atoms with E-state index in [0.29, 0.717) is 15.8 Å². The van der Waals surface area contributed by atoms with E-state index in [9.17, 15) is 0 Å². The van der Waals surface area contributed by atoms with E-state index in [2.05, 4.69) is 15.9 Å². The van der Waals surface area contributed by atoms with E-state index in [4.69, 9.17) is 28.6 Å². The van der Waals surface area contributed by atoms with E-state index in [1.165, 1.54) is 0 Å². The zero-order valence-electron chi connectivity index (χ0n) is 8.69. The minimum absolute atomic E-state index is 0.434. The highest BCUT2D eigenvalue weighted by molar-refractivity contribution is 9.10. The lowest BCUT2D eigenvalue weighted by molar-refractivity contribution is 0.566. The van der Waals surface area contributed by atoms with E-state index < -0.39 is 0 Å². The van der Waals surface area contributed by atoms with Crippen LogP contribution in [-0.2, 0) is 0 Å². The summed E-state index contributed by atoms with van der Waals surface area (Å²) in [4.78, 5) is 0. The van der Waals surface area contributed by atoms with Crippen LogP contribution in [0.2, 0.25) is 5.02 Å². The third-order valence-electron chi connectivity index (χ3n) is 2.10. The minimum atomic E-state index is 0.434. The molecule has 0 aliphatic carbocycles. The van der Waals surface area contributed by atoms with Gasteiger partial charge in [-0.1, -0.05) is 27.5 Å². The topological polar surface area (TPSA) is 9.23 Å². The normalized spacial score (nSPS) is 10.0. The average molecular weight is 328 g/mol. The summed E-state index contributed by atoms with van der Waals surface area (Å²) in [5.41, 5.74) is 0.840. The molecule has 1 nitrogen and oxygen atoms in total. The highest BCUT2D eigenvalue weighted by Gasteiger charge is 2.03. The molecule has 0 fully saturated rings. The summed E-state index contributed by atoms with van der Waals surface area (Å²) >= 11 is 14.4. The first-order valence-electron chi connectivity index (χ1n) is 4.88. The molecule has 0 heterocycles. The predicted octanol–water partition coefficient (Wildman–Crippen LogP) is 4.86. The van der Waals surface area contributed by atoms with Gasteiger partial charge in [-0.05, 0) is 60.7 Å². The number of ether oxygens (including phenoxy) is 1. The molecular weight excluding hydrogens is 320 g/mol. The van der Waals surface area contributed by atoms with Gasteiger partial charge in [0.2, 0.25) is 0 Å². The Balaban J connectivity index is 2.11. The monoisotopic (exact) mass is 326 g/mol. The Kier molecular flexibility index (Phi) is 4.15. The fraction of sp³-hybridized carbons (Fsp3) is 0. The van der Waals surface area contributed by atoms with Crippen LogP contribution in [0.3, 0.4) is 0 Å². The van der Waals surface area contributed by atoms with E-state index in [1.807, 2.05) is 36.4 Å². The third kappa shape index (κ3) is 3.53. The quantitative estimate of drug-likeness (QED) is 0.729. The van der Waals surface area contributed by atoms with Crippen LogP contribution in [0.15, 0.2) is 53.0 Å². The standard InChI is InChI=1S/C13H8BrClOS/c14-10-3-7-12(8-4-10)16-13(17)9-1-5-11(15)6-2-9/h1-8H. The van der Waals surface area contributed by atoms with Gasteiger partial charge in [-0.15, -0.1) is 0 Å². The summed E-state index contributed by atoms with van der Waals surface area (Å²) < 4.78 is 6.56. The zero-order chi connectivity index (χ0) is 12.3. The number of benzene rings is 2. The predicted molar refractivity (Wildman–Crippen MR) is 77.9 cm³/mol. The van der Waals surface area contributed by atoms with Crippen LogP contribution < -0.4 is 4.74 Å². The number of halogens is 2. The largest absolute Gasteiger partial charge is 0.445 e. The summed E-state index contributed by atoms with van der Waals surface area (Å²) in [6, 6.07) is 14.8. The molecule has 2 aromatic rings. The molecule has 0 aliphatic rings. The molecule has 4 heteroatoms.